The summed E-state index contributed by atoms with van der Waals surface area (Å²) in [5.41, 5.74) is 0.421. The summed E-state index contributed by atoms with van der Waals surface area (Å²) >= 11 is 0. The third-order valence-electron chi connectivity index (χ3n) is 2.51. The molecule has 6 nitrogen and oxygen atoms in total. The molecule has 104 valence electrons. The van der Waals surface area contributed by atoms with E-state index in [-0.39, 0.29) is 29.9 Å². The number of aryl methyl sites for hydroxylation is 1. The molecule has 3 N–H and O–H groups in total. The maximum atomic E-state index is 11.7. The molecule has 19 heavy (non-hydrogen) atoms. The number of pyridine rings is 1. The normalized spacial score (nSPS) is 10.0. The van der Waals surface area contributed by atoms with Gasteiger partial charge < -0.3 is 15.6 Å². The fourth-order valence-corrected chi connectivity index (χ4v) is 1.49. The third kappa shape index (κ3) is 4.95. The Morgan fingerprint density at radius 2 is 2.00 bits per heavy atom. The summed E-state index contributed by atoms with van der Waals surface area (Å²) in [5, 5.41) is 5.25. The largest absolute Gasteiger partial charge is 0.364 e. The Labute approximate surface area is 111 Å². The highest BCUT2D eigenvalue weighted by atomic mass is 16.2. The van der Waals surface area contributed by atoms with E-state index in [1.165, 1.54) is 12.3 Å². The SMILES string of the molecule is CCCNC(=O)CCNC(=O)c1c[nH]c(C)cc1=O. The number of rotatable bonds is 6. The molecule has 0 spiro atoms. The van der Waals surface area contributed by atoms with E-state index in [0.29, 0.717) is 12.2 Å². The molecule has 1 heterocycles. The van der Waals surface area contributed by atoms with Crippen LogP contribution in [0.15, 0.2) is 17.1 Å². The standard InChI is InChI=1S/C13H19N3O3/c1-3-5-14-12(18)4-6-15-13(19)10-8-16-9(2)7-11(10)17/h7-8H,3-6H2,1-2H3,(H,14,18)(H,15,19)(H,16,17). The van der Waals surface area contributed by atoms with Gasteiger partial charge in [0, 0.05) is 37.5 Å². The van der Waals surface area contributed by atoms with Crippen LogP contribution in [0.1, 0.15) is 35.8 Å². The Morgan fingerprint density at radius 1 is 1.26 bits per heavy atom. The van der Waals surface area contributed by atoms with Crippen molar-refractivity contribution in [1.82, 2.24) is 15.6 Å². The van der Waals surface area contributed by atoms with Crippen LogP contribution < -0.4 is 16.1 Å². The predicted octanol–water partition coefficient (Wildman–Crippen LogP) is 0.329. The van der Waals surface area contributed by atoms with Crippen LogP contribution in [-0.2, 0) is 4.79 Å². The predicted molar refractivity (Wildman–Crippen MR) is 72.1 cm³/mol. The Hall–Kier alpha value is -2.11. The number of amides is 2. The number of hydrogen-bond acceptors (Lipinski definition) is 3. The second kappa shape index (κ2) is 7.35. The smallest absolute Gasteiger partial charge is 0.256 e. The zero-order chi connectivity index (χ0) is 14.3. The summed E-state index contributed by atoms with van der Waals surface area (Å²) in [6, 6.07) is 1.36. The Morgan fingerprint density at radius 3 is 2.63 bits per heavy atom. The van der Waals surface area contributed by atoms with Crippen molar-refractivity contribution in [2.45, 2.75) is 26.7 Å². The van der Waals surface area contributed by atoms with Crippen LogP contribution >= 0.6 is 0 Å². The molecule has 0 aliphatic rings. The molecule has 0 saturated heterocycles. The lowest BCUT2D eigenvalue weighted by molar-refractivity contribution is -0.120. The molecule has 0 radical (unpaired) electrons. The lowest BCUT2D eigenvalue weighted by atomic mass is 10.2. The second-order valence-electron chi connectivity index (χ2n) is 4.25. The summed E-state index contributed by atoms with van der Waals surface area (Å²) in [6.07, 6.45) is 2.45. The molecule has 1 aromatic heterocycles. The highest BCUT2D eigenvalue weighted by Crippen LogP contribution is 1.92. The first-order valence-electron chi connectivity index (χ1n) is 6.28. The maximum absolute atomic E-state index is 11.7. The average molecular weight is 265 g/mol. The minimum Gasteiger partial charge on any atom is -0.364 e. The van der Waals surface area contributed by atoms with Gasteiger partial charge in [-0.15, -0.1) is 0 Å². The van der Waals surface area contributed by atoms with E-state index in [9.17, 15) is 14.4 Å². The molecule has 1 rings (SSSR count). The van der Waals surface area contributed by atoms with E-state index in [1.54, 1.807) is 6.92 Å². The van der Waals surface area contributed by atoms with Crippen LogP contribution in [0.2, 0.25) is 0 Å². The Bertz CT molecular complexity index is 508. The average Bonchev–Trinajstić information content (AvgIpc) is 2.36. The van der Waals surface area contributed by atoms with E-state index in [4.69, 9.17) is 0 Å². The molecular formula is C13H19N3O3. The number of nitrogens with one attached hydrogen (secondary N) is 3. The summed E-state index contributed by atoms with van der Waals surface area (Å²) in [6.45, 7) is 4.54. The Balaban J connectivity index is 2.43. The minimum atomic E-state index is -0.468. The molecule has 0 aliphatic heterocycles. The molecule has 0 atom stereocenters. The maximum Gasteiger partial charge on any atom is 0.256 e. The van der Waals surface area contributed by atoms with Gasteiger partial charge in [-0.1, -0.05) is 6.92 Å². The van der Waals surface area contributed by atoms with Crippen molar-refractivity contribution in [3.05, 3.63) is 33.7 Å². The lowest BCUT2D eigenvalue weighted by Crippen LogP contribution is -2.33. The van der Waals surface area contributed by atoms with Crippen LogP contribution in [0.4, 0.5) is 0 Å². The first kappa shape index (κ1) is 14.9. The van der Waals surface area contributed by atoms with Gasteiger partial charge in [-0.05, 0) is 13.3 Å². The molecule has 0 bridgehead atoms. The number of aromatic amines is 1. The van der Waals surface area contributed by atoms with E-state index >= 15 is 0 Å². The number of carbonyl (C=O) groups is 2. The third-order valence-corrected chi connectivity index (χ3v) is 2.51. The van der Waals surface area contributed by atoms with Crippen LogP contribution in [0.5, 0.6) is 0 Å². The summed E-state index contributed by atoms with van der Waals surface area (Å²) in [7, 11) is 0. The van der Waals surface area contributed by atoms with Gasteiger partial charge in [0.05, 0.1) is 0 Å². The van der Waals surface area contributed by atoms with Gasteiger partial charge in [0.2, 0.25) is 5.91 Å². The number of H-pyrrole nitrogens is 1. The van der Waals surface area contributed by atoms with Crippen molar-refractivity contribution in [1.29, 1.82) is 0 Å². The molecule has 0 saturated carbocycles. The van der Waals surface area contributed by atoms with E-state index in [2.05, 4.69) is 15.6 Å². The fourth-order valence-electron chi connectivity index (χ4n) is 1.49. The monoisotopic (exact) mass is 265 g/mol. The molecule has 2 amide bonds. The molecule has 1 aromatic rings. The number of aromatic nitrogens is 1. The van der Waals surface area contributed by atoms with Crippen molar-refractivity contribution < 1.29 is 9.59 Å². The zero-order valence-corrected chi connectivity index (χ0v) is 11.2. The van der Waals surface area contributed by atoms with Crippen LogP contribution in [-0.4, -0.2) is 29.9 Å². The van der Waals surface area contributed by atoms with Crippen LogP contribution in [0, 0.1) is 6.92 Å². The van der Waals surface area contributed by atoms with Gasteiger partial charge in [-0.3, -0.25) is 14.4 Å². The first-order valence-corrected chi connectivity index (χ1v) is 6.28. The van der Waals surface area contributed by atoms with Crippen LogP contribution in [0.25, 0.3) is 0 Å². The van der Waals surface area contributed by atoms with Gasteiger partial charge in [0.15, 0.2) is 5.43 Å². The van der Waals surface area contributed by atoms with Gasteiger partial charge in [-0.25, -0.2) is 0 Å². The fraction of sp³-hybridized carbons (Fsp3) is 0.462. The summed E-state index contributed by atoms with van der Waals surface area (Å²) in [4.78, 5) is 37.4. The Kier molecular flexibility index (Phi) is 5.78. The highest BCUT2D eigenvalue weighted by molar-refractivity contribution is 5.94. The molecular weight excluding hydrogens is 246 g/mol. The van der Waals surface area contributed by atoms with Gasteiger partial charge in [0.1, 0.15) is 5.56 Å². The quantitative estimate of drug-likeness (QED) is 0.692. The highest BCUT2D eigenvalue weighted by Gasteiger charge is 2.10. The molecule has 0 fully saturated rings. The van der Waals surface area contributed by atoms with Gasteiger partial charge in [0.25, 0.3) is 5.91 Å². The summed E-state index contributed by atoms with van der Waals surface area (Å²) in [5.74, 6) is -0.579. The van der Waals surface area contributed by atoms with Crippen molar-refractivity contribution in [2.24, 2.45) is 0 Å². The van der Waals surface area contributed by atoms with Crippen LogP contribution in [0.3, 0.4) is 0 Å². The van der Waals surface area contributed by atoms with Crippen molar-refractivity contribution in [3.8, 4) is 0 Å². The number of hydrogen-bond donors (Lipinski definition) is 3. The molecule has 0 aromatic carbocycles. The van der Waals surface area contributed by atoms with E-state index < -0.39 is 5.91 Å². The minimum absolute atomic E-state index is 0.0552. The summed E-state index contributed by atoms with van der Waals surface area (Å²) < 4.78 is 0. The molecule has 0 aliphatic carbocycles. The van der Waals surface area contributed by atoms with Crippen molar-refractivity contribution in [2.75, 3.05) is 13.1 Å². The molecule has 6 heteroatoms. The number of carbonyl (C=O) groups excluding carboxylic acids is 2. The van der Waals surface area contributed by atoms with Crippen molar-refractivity contribution in [3.63, 3.8) is 0 Å². The lowest BCUT2D eigenvalue weighted by Gasteiger charge is -2.05. The first-order chi connectivity index (χ1) is 9.04. The second-order valence-corrected chi connectivity index (χ2v) is 4.25. The van der Waals surface area contributed by atoms with E-state index in [0.717, 1.165) is 6.42 Å². The topological polar surface area (TPSA) is 91.1 Å². The zero-order valence-electron chi connectivity index (χ0n) is 11.2. The molecule has 0 unspecified atom stereocenters. The van der Waals surface area contributed by atoms with Gasteiger partial charge >= 0.3 is 0 Å². The van der Waals surface area contributed by atoms with Crippen molar-refractivity contribution >= 4 is 11.8 Å². The van der Waals surface area contributed by atoms with Gasteiger partial charge in [-0.2, -0.15) is 0 Å². The van der Waals surface area contributed by atoms with E-state index in [1.807, 2.05) is 6.92 Å².